The van der Waals surface area contributed by atoms with Gasteiger partial charge in [0.1, 0.15) is 5.69 Å². The average molecular weight is 327 g/mol. The Morgan fingerprint density at radius 2 is 1.96 bits per heavy atom. The Morgan fingerprint density at radius 1 is 1.17 bits per heavy atom. The monoisotopic (exact) mass is 327 g/mol. The third-order valence-electron chi connectivity index (χ3n) is 4.18. The summed E-state index contributed by atoms with van der Waals surface area (Å²) in [7, 11) is 0. The van der Waals surface area contributed by atoms with Gasteiger partial charge in [-0.15, -0.1) is 0 Å². The van der Waals surface area contributed by atoms with Crippen molar-refractivity contribution in [3.63, 3.8) is 0 Å². The molecule has 126 valence electrons. The van der Waals surface area contributed by atoms with Gasteiger partial charge >= 0.3 is 6.03 Å². The summed E-state index contributed by atoms with van der Waals surface area (Å²) >= 11 is 0. The van der Waals surface area contributed by atoms with Crippen molar-refractivity contribution in [2.45, 2.75) is 12.3 Å². The van der Waals surface area contributed by atoms with Crippen LogP contribution in [0.15, 0.2) is 42.6 Å². The van der Waals surface area contributed by atoms with Crippen LogP contribution in [0.25, 0.3) is 0 Å². The lowest BCUT2D eigenvalue weighted by Crippen LogP contribution is -2.42. The summed E-state index contributed by atoms with van der Waals surface area (Å²) in [6.45, 7) is 2.26. The molecule has 3 amide bonds. The van der Waals surface area contributed by atoms with E-state index in [0.717, 1.165) is 19.5 Å². The Kier molecular flexibility index (Phi) is 5.10. The molecule has 2 heterocycles. The number of likely N-dealkylation sites (tertiary alicyclic amines) is 1. The fraction of sp³-hybridized carbons (Fsp3) is 0.353. The molecule has 7 heteroatoms. The number of nitrogens with one attached hydrogen (secondary N) is 3. The van der Waals surface area contributed by atoms with Crippen molar-refractivity contribution in [2.24, 2.45) is 0 Å². The molecule has 0 radical (unpaired) electrons. The van der Waals surface area contributed by atoms with Gasteiger partial charge in [-0.1, -0.05) is 30.3 Å². The first kappa shape index (κ1) is 16.0. The zero-order chi connectivity index (χ0) is 16.8. The lowest BCUT2D eigenvalue weighted by atomic mass is 9.99. The van der Waals surface area contributed by atoms with Crippen LogP contribution in [-0.4, -0.2) is 53.2 Å². The summed E-state index contributed by atoms with van der Waals surface area (Å²) in [6, 6.07) is 11.8. The number of carbonyl (C=O) groups is 2. The first-order valence-electron chi connectivity index (χ1n) is 8.09. The first-order chi connectivity index (χ1) is 11.7. The van der Waals surface area contributed by atoms with Crippen LogP contribution < -0.4 is 10.6 Å². The molecule has 7 nitrogen and oxygen atoms in total. The molecule has 1 saturated heterocycles. The topological polar surface area (TPSA) is 90.1 Å². The van der Waals surface area contributed by atoms with Crippen LogP contribution in [0.2, 0.25) is 0 Å². The van der Waals surface area contributed by atoms with E-state index in [0.29, 0.717) is 24.7 Å². The second kappa shape index (κ2) is 7.63. The SMILES string of the molecule is O=C(NCCNC(=O)N1CC[C@H](c2ccccc2)C1)c1ccn[nH]1. The van der Waals surface area contributed by atoms with Gasteiger partial charge in [-0.2, -0.15) is 5.10 Å². The quantitative estimate of drug-likeness (QED) is 0.724. The summed E-state index contributed by atoms with van der Waals surface area (Å²) in [5.74, 6) is 0.170. The summed E-state index contributed by atoms with van der Waals surface area (Å²) in [6.07, 6.45) is 2.50. The van der Waals surface area contributed by atoms with E-state index in [4.69, 9.17) is 0 Å². The van der Waals surface area contributed by atoms with E-state index in [9.17, 15) is 9.59 Å². The average Bonchev–Trinajstić information content (AvgIpc) is 3.31. The van der Waals surface area contributed by atoms with Gasteiger partial charge in [0.2, 0.25) is 0 Å². The van der Waals surface area contributed by atoms with Gasteiger partial charge in [0.05, 0.1) is 0 Å². The maximum atomic E-state index is 12.2. The molecule has 1 aromatic heterocycles. The van der Waals surface area contributed by atoms with Crippen LogP contribution in [0.3, 0.4) is 0 Å². The van der Waals surface area contributed by atoms with Crippen molar-refractivity contribution >= 4 is 11.9 Å². The number of hydrogen-bond acceptors (Lipinski definition) is 3. The number of nitrogens with zero attached hydrogens (tertiary/aromatic N) is 2. The van der Waals surface area contributed by atoms with E-state index in [1.54, 1.807) is 6.07 Å². The van der Waals surface area contributed by atoms with Gasteiger partial charge in [-0.3, -0.25) is 9.89 Å². The molecule has 2 aromatic rings. The molecular formula is C17H21N5O2. The molecule has 1 atom stereocenters. The first-order valence-corrected chi connectivity index (χ1v) is 8.09. The summed E-state index contributed by atoms with van der Waals surface area (Å²) < 4.78 is 0. The molecule has 0 bridgehead atoms. The van der Waals surface area contributed by atoms with Gasteiger partial charge in [-0.25, -0.2) is 4.79 Å². The number of H-pyrrole nitrogens is 1. The molecule has 1 aliphatic heterocycles. The summed E-state index contributed by atoms with van der Waals surface area (Å²) in [4.78, 5) is 25.7. The van der Waals surface area contributed by atoms with E-state index < -0.39 is 0 Å². The van der Waals surface area contributed by atoms with Gasteiger partial charge in [-0.05, 0) is 18.1 Å². The molecule has 0 unspecified atom stereocenters. The minimum absolute atomic E-state index is 0.0794. The van der Waals surface area contributed by atoms with Crippen LogP contribution in [0.1, 0.15) is 28.4 Å². The third kappa shape index (κ3) is 3.92. The number of rotatable bonds is 5. The molecule has 1 aliphatic rings. The predicted molar refractivity (Wildman–Crippen MR) is 89.7 cm³/mol. The van der Waals surface area contributed by atoms with E-state index >= 15 is 0 Å². The smallest absolute Gasteiger partial charge is 0.317 e. The maximum Gasteiger partial charge on any atom is 0.317 e. The lowest BCUT2D eigenvalue weighted by molar-refractivity contribution is 0.0948. The van der Waals surface area contributed by atoms with Gasteiger partial charge in [0.15, 0.2) is 0 Å². The van der Waals surface area contributed by atoms with Gasteiger partial charge in [0, 0.05) is 38.3 Å². The highest BCUT2D eigenvalue weighted by molar-refractivity contribution is 5.92. The molecular weight excluding hydrogens is 306 g/mol. The Labute approximate surface area is 140 Å². The van der Waals surface area contributed by atoms with E-state index in [1.165, 1.54) is 11.8 Å². The Balaban J connectivity index is 1.38. The number of amides is 3. The zero-order valence-corrected chi connectivity index (χ0v) is 13.4. The second-order valence-electron chi connectivity index (χ2n) is 5.80. The summed E-state index contributed by atoms with van der Waals surface area (Å²) in [5.41, 5.74) is 1.69. The Bertz CT molecular complexity index is 672. The van der Waals surface area contributed by atoms with Crippen LogP contribution in [0.5, 0.6) is 0 Å². The molecule has 3 rings (SSSR count). The predicted octanol–water partition coefficient (Wildman–Crippen LogP) is 1.34. The van der Waals surface area contributed by atoms with Crippen LogP contribution in [0, 0.1) is 0 Å². The highest BCUT2D eigenvalue weighted by Gasteiger charge is 2.26. The van der Waals surface area contributed by atoms with Crippen molar-refractivity contribution in [1.82, 2.24) is 25.7 Å². The van der Waals surface area contributed by atoms with Crippen molar-refractivity contribution in [3.05, 3.63) is 53.9 Å². The third-order valence-corrected chi connectivity index (χ3v) is 4.18. The number of aromatic amines is 1. The van der Waals surface area contributed by atoms with Crippen LogP contribution >= 0.6 is 0 Å². The van der Waals surface area contributed by atoms with Crippen LogP contribution in [0.4, 0.5) is 4.79 Å². The Morgan fingerprint density at radius 3 is 2.71 bits per heavy atom. The largest absolute Gasteiger partial charge is 0.349 e. The second-order valence-corrected chi connectivity index (χ2v) is 5.80. The molecule has 1 fully saturated rings. The van der Waals surface area contributed by atoms with Crippen molar-refractivity contribution in [1.29, 1.82) is 0 Å². The molecule has 0 saturated carbocycles. The Hall–Kier alpha value is -2.83. The number of hydrogen-bond donors (Lipinski definition) is 3. The van der Waals surface area contributed by atoms with E-state index in [-0.39, 0.29) is 11.9 Å². The number of carbonyl (C=O) groups excluding carboxylic acids is 2. The standard InChI is InChI=1S/C17H21N5O2/c23-16(15-6-8-20-21-15)18-9-10-19-17(24)22-11-7-14(12-22)13-4-2-1-3-5-13/h1-6,8,14H,7,9-12H2,(H,18,23)(H,19,24)(H,20,21)/t14-/m0/s1. The molecule has 0 aliphatic carbocycles. The zero-order valence-electron chi connectivity index (χ0n) is 13.4. The van der Waals surface area contributed by atoms with Crippen LogP contribution in [-0.2, 0) is 0 Å². The molecule has 1 aromatic carbocycles. The lowest BCUT2D eigenvalue weighted by Gasteiger charge is -2.17. The normalized spacial score (nSPS) is 16.8. The highest BCUT2D eigenvalue weighted by Crippen LogP contribution is 2.26. The highest BCUT2D eigenvalue weighted by atomic mass is 16.2. The minimum Gasteiger partial charge on any atom is -0.349 e. The van der Waals surface area contributed by atoms with Crippen molar-refractivity contribution < 1.29 is 9.59 Å². The van der Waals surface area contributed by atoms with Gasteiger partial charge < -0.3 is 15.5 Å². The summed E-state index contributed by atoms with van der Waals surface area (Å²) in [5, 5.41) is 11.9. The fourth-order valence-corrected chi connectivity index (χ4v) is 2.88. The number of benzene rings is 1. The molecule has 24 heavy (non-hydrogen) atoms. The number of aromatic nitrogens is 2. The number of urea groups is 1. The fourth-order valence-electron chi connectivity index (χ4n) is 2.88. The van der Waals surface area contributed by atoms with Crippen molar-refractivity contribution in [2.75, 3.05) is 26.2 Å². The van der Waals surface area contributed by atoms with Crippen molar-refractivity contribution in [3.8, 4) is 0 Å². The molecule has 3 N–H and O–H groups in total. The maximum absolute atomic E-state index is 12.2. The van der Waals surface area contributed by atoms with E-state index in [1.807, 2.05) is 23.1 Å². The van der Waals surface area contributed by atoms with Gasteiger partial charge in [0.25, 0.3) is 5.91 Å². The van der Waals surface area contributed by atoms with E-state index in [2.05, 4.69) is 33.0 Å². The minimum atomic E-state index is -0.230. The molecule has 0 spiro atoms.